The molecule has 0 aliphatic carbocycles. The second kappa shape index (κ2) is 4.94. The SMILES string of the molecule is CNC(c1ccn[nH]1)c1c(C)c(C)cc(C)c1C. The molecule has 1 heterocycles. The van der Waals surface area contributed by atoms with Gasteiger partial charge in [0.15, 0.2) is 0 Å². The van der Waals surface area contributed by atoms with Crippen LogP contribution in [0.2, 0.25) is 0 Å². The van der Waals surface area contributed by atoms with E-state index in [0.717, 1.165) is 5.69 Å². The van der Waals surface area contributed by atoms with Crippen LogP contribution in [0.3, 0.4) is 0 Å². The van der Waals surface area contributed by atoms with Crippen LogP contribution >= 0.6 is 0 Å². The fourth-order valence-electron chi connectivity index (χ4n) is 2.56. The molecule has 0 amide bonds. The maximum atomic E-state index is 4.06. The molecule has 0 radical (unpaired) electrons. The van der Waals surface area contributed by atoms with E-state index in [1.54, 1.807) is 6.20 Å². The molecule has 0 aliphatic rings. The van der Waals surface area contributed by atoms with Crippen molar-refractivity contribution in [2.45, 2.75) is 33.7 Å². The maximum absolute atomic E-state index is 4.06. The first kappa shape index (κ1) is 12.8. The van der Waals surface area contributed by atoms with Crippen LogP contribution in [0.25, 0.3) is 0 Å². The molecule has 2 aromatic rings. The molecule has 3 heteroatoms. The Morgan fingerprint density at radius 1 is 1.11 bits per heavy atom. The molecule has 18 heavy (non-hydrogen) atoms. The van der Waals surface area contributed by atoms with E-state index in [1.165, 1.54) is 27.8 Å². The number of nitrogens with zero attached hydrogens (tertiary/aromatic N) is 1. The lowest BCUT2D eigenvalue weighted by molar-refractivity contribution is 0.658. The minimum atomic E-state index is 0.172. The van der Waals surface area contributed by atoms with Crippen LogP contribution in [0.15, 0.2) is 18.3 Å². The summed E-state index contributed by atoms with van der Waals surface area (Å²) in [4.78, 5) is 0. The van der Waals surface area contributed by atoms with Crippen LogP contribution in [-0.2, 0) is 0 Å². The lowest BCUT2D eigenvalue weighted by Crippen LogP contribution is -2.21. The van der Waals surface area contributed by atoms with Crippen LogP contribution in [0.1, 0.15) is 39.6 Å². The molecule has 0 aliphatic heterocycles. The normalized spacial score (nSPS) is 12.7. The van der Waals surface area contributed by atoms with Gasteiger partial charge in [0, 0.05) is 6.20 Å². The third-order valence-corrected chi connectivity index (χ3v) is 3.83. The van der Waals surface area contributed by atoms with Gasteiger partial charge in [-0.1, -0.05) is 6.07 Å². The van der Waals surface area contributed by atoms with Crippen molar-refractivity contribution < 1.29 is 0 Å². The Balaban J connectivity index is 2.62. The quantitative estimate of drug-likeness (QED) is 0.870. The summed E-state index contributed by atoms with van der Waals surface area (Å²) in [7, 11) is 1.99. The lowest BCUT2D eigenvalue weighted by atomic mass is 9.88. The van der Waals surface area contributed by atoms with E-state index in [2.05, 4.69) is 49.3 Å². The van der Waals surface area contributed by atoms with Crippen molar-refractivity contribution in [3.63, 3.8) is 0 Å². The van der Waals surface area contributed by atoms with Gasteiger partial charge in [-0.15, -0.1) is 0 Å². The van der Waals surface area contributed by atoms with E-state index in [1.807, 2.05) is 13.1 Å². The fraction of sp³-hybridized carbons (Fsp3) is 0.400. The fourth-order valence-corrected chi connectivity index (χ4v) is 2.56. The monoisotopic (exact) mass is 243 g/mol. The predicted octanol–water partition coefficient (Wildman–Crippen LogP) is 2.95. The third kappa shape index (κ3) is 2.06. The Morgan fingerprint density at radius 2 is 1.72 bits per heavy atom. The Bertz CT molecular complexity index is 515. The molecule has 1 atom stereocenters. The molecule has 2 N–H and O–H groups in total. The van der Waals surface area contributed by atoms with Gasteiger partial charge in [-0.05, 0) is 68.6 Å². The molecule has 0 spiro atoms. The molecule has 0 fully saturated rings. The smallest absolute Gasteiger partial charge is 0.0748 e. The molecule has 3 nitrogen and oxygen atoms in total. The largest absolute Gasteiger partial charge is 0.308 e. The average Bonchev–Trinajstić information content (AvgIpc) is 2.85. The van der Waals surface area contributed by atoms with Gasteiger partial charge >= 0.3 is 0 Å². The van der Waals surface area contributed by atoms with Crippen molar-refractivity contribution in [2.75, 3.05) is 7.05 Å². The summed E-state index contributed by atoms with van der Waals surface area (Å²) in [5, 5.41) is 10.5. The van der Waals surface area contributed by atoms with E-state index < -0.39 is 0 Å². The highest BCUT2D eigenvalue weighted by Crippen LogP contribution is 2.30. The summed E-state index contributed by atoms with van der Waals surface area (Å²) < 4.78 is 0. The van der Waals surface area contributed by atoms with Crippen molar-refractivity contribution in [2.24, 2.45) is 0 Å². The molecule has 1 aromatic carbocycles. The summed E-state index contributed by atoms with van der Waals surface area (Å²) in [6.07, 6.45) is 1.80. The topological polar surface area (TPSA) is 40.7 Å². The van der Waals surface area contributed by atoms with Crippen LogP contribution in [0, 0.1) is 27.7 Å². The minimum absolute atomic E-state index is 0.172. The molecule has 0 saturated carbocycles. The van der Waals surface area contributed by atoms with E-state index in [9.17, 15) is 0 Å². The minimum Gasteiger partial charge on any atom is -0.308 e. The van der Waals surface area contributed by atoms with Crippen molar-refractivity contribution in [3.05, 3.63) is 51.8 Å². The van der Waals surface area contributed by atoms with E-state index in [0.29, 0.717) is 0 Å². The average molecular weight is 243 g/mol. The number of benzene rings is 1. The van der Waals surface area contributed by atoms with E-state index in [-0.39, 0.29) is 6.04 Å². The van der Waals surface area contributed by atoms with Gasteiger partial charge in [0.25, 0.3) is 0 Å². The molecule has 2 rings (SSSR count). The third-order valence-electron chi connectivity index (χ3n) is 3.83. The van der Waals surface area contributed by atoms with Gasteiger partial charge in [0.2, 0.25) is 0 Å². The number of hydrogen-bond donors (Lipinski definition) is 2. The van der Waals surface area contributed by atoms with Crippen LogP contribution in [-0.4, -0.2) is 17.2 Å². The van der Waals surface area contributed by atoms with Gasteiger partial charge in [-0.3, -0.25) is 5.10 Å². The summed E-state index contributed by atoms with van der Waals surface area (Å²) >= 11 is 0. The number of hydrogen-bond acceptors (Lipinski definition) is 2. The molecular formula is C15H21N3. The highest BCUT2D eigenvalue weighted by atomic mass is 15.1. The maximum Gasteiger partial charge on any atom is 0.0748 e. The number of aromatic amines is 1. The number of rotatable bonds is 3. The summed E-state index contributed by atoms with van der Waals surface area (Å²) in [5.41, 5.74) is 7.85. The van der Waals surface area contributed by atoms with Gasteiger partial charge in [-0.25, -0.2) is 0 Å². The summed E-state index contributed by atoms with van der Waals surface area (Å²) in [6.45, 7) is 8.73. The first-order chi connectivity index (χ1) is 8.56. The summed E-state index contributed by atoms with van der Waals surface area (Å²) in [6, 6.07) is 4.46. The van der Waals surface area contributed by atoms with Crippen molar-refractivity contribution in [1.82, 2.24) is 15.5 Å². The molecular weight excluding hydrogens is 222 g/mol. The first-order valence-corrected chi connectivity index (χ1v) is 6.30. The molecule has 0 bridgehead atoms. The second-order valence-corrected chi connectivity index (χ2v) is 4.91. The molecule has 1 unspecified atom stereocenters. The zero-order chi connectivity index (χ0) is 13.3. The van der Waals surface area contributed by atoms with Crippen molar-refractivity contribution >= 4 is 0 Å². The Hall–Kier alpha value is -1.61. The number of H-pyrrole nitrogens is 1. The van der Waals surface area contributed by atoms with Gasteiger partial charge in [0.05, 0.1) is 11.7 Å². The van der Waals surface area contributed by atoms with Crippen LogP contribution in [0.4, 0.5) is 0 Å². The van der Waals surface area contributed by atoms with Gasteiger partial charge in [0.1, 0.15) is 0 Å². The first-order valence-electron chi connectivity index (χ1n) is 6.30. The van der Waals surface area contributed by atoms with Gasteiger partial charge < -0.3 is 5.32 Å². The summed E-state index contributed by atoms with van der Waals surface area (Å²) in [5.74, 6) is 0. The number of aromatic nitrogens is 2. The number of nitrogens with one attached hydrogen (secondary N) is 2. The Kier molecular flexibility index (Phi) is 3.53. The molecule has 0 saturated heterocycles. The highest BCUT2D eigenvalue weighted by Gasteiger charge is 2.19. The van der Waals surface area contributed by atoms with Crippen LogP contribution in [0.5, 0.6) is 0 Å². The van der Waals surface area contributed by atoms with E-state index >= 15 is 0 Å². The standard InChI is InChI=1S/C15H21N3/c1-9-8-10(2)12(4)14(11(9)3)15(16-5)13-6-7-17-18-13/h6-8,15-16H,1-5H3,(H,17,18). The van der Waals surface area contributed by atoms with Crippen molar-refractivity contribution in [3.8, 4) is 0 Å². The van der Waals surface area contributed by atoms with Gasteiger partial charge in [-0.2, -0.15) is 5.10 Å². The second-order valence-electron chi connectivity index (χ2n) is 4.91. The highest BCUT2D eigenvalue weighted by molar-refractivity contribution is 5.47. The number of aryl methyl sites for hydroxylation is 2. The lowest BCUT2D eigenvalue weighted by Gasteiger charge is -2.23. The zero-order valence-electron chi connectivity index (χ0n) is 11.8. The van der Waals surface area contributed by atoms with E-state index in [4.69, 9.17) is 0 Å². The van der Waals surface area contributed by atoms with Crippen LogP contribution < -0.4 is 5.32 Å². The Morgan fingerprint density at radius 3 is 2.17 bits per heavy atom. The molecule has 96 valence electrons. The Labute approximate surface area is 109 Å². The predicted molar refractivity (Wildman–Crippen MR) is 74.9 cm³/mol. The molecule has 1 aromatic heterocycles. The van der Waals surface area contributed by atoms with Crippen molar-refractivity contribution in [1.29, 1.82) is 0 Å². The zero-order valence-corrected chi connectivity index (χ0v) is 11.8.